The second kappa shape index (κ2) is 7.07. The van der Waals surface area contributed by atoms with E-state index in [4.69, 9.17) is 4.74 Å². The minimum atomic E-state index is 0.408. The number of rotatable bonds is 4. The molecule has 1 aromatic rings. The summed E-state index contributed by atoms with van der Waals surface area (Å²) in [4.78, 5) is 9.46. The van der Waals surface area contributed by atoms with Crippen LogP contribution in [0.15, 0.2) is 24.4 Å². The molecule has 0 amide bonds. The fraction of sp³-hybridized carbons (Fsp3) is 0.688. The van der Waals surface area contributed by atoms with E-state index in [0.29, 0.717) is 5.41 Å². The van der Waals surface area contributed by atoms with Gasteiger partial charge in [0.25, 0.3) is 0 Å². The van der Waals surface area contributed by atoms with Gasteiger partial charge in [0.15, 0.2) is 0 Å². The molecule has 3 rings (SSSR count). The van der Waals surface area contributed by atoms with Crippen LogP contribution in [0.2, 0.25) is 0 Å². The Kier molecular flexibility index (Phi) is 5.14. The highest BCUT2D eigenvalue weighted by Crippen LogP contribution is 2.33. The molecular formula is C16H24BrN3O. The smallest absolute Gasteiger partial charge is 0.128 e. The maximum absolute atomic E-state index is 5.53. The molecule has 0 spiro atoms. The highest BCUT2D eigenvalue weighted by atomic mass is 79.9. The third kappa shape index (κ3) is 3.76. The first kappa shape index (κ1) is 15.3. The zero-order valence-electron chi connectivity index (χ0n) is 12.5. The Morgan fingerprint density at radius 2 is 1.90 bits per heavy atom. The summed E-state index contributed by atoms with van der Waals surface area (Å²) < 4.78 is 5.53. The van der Waals surface area contributed by atoms with Gasteiger partial charge in [0.05, 0.1) is 0 Å². The molecule has 0 aliphatic carbocycles. The molecule has 116 valence electrons. The van der Waals surface area contributed by atoms with E-state index in [2.05, 4.69) is 42.8 Å². The molecule has 0 saturated carbocycles. The van der Waals surface area contributed by atoms with Gasteiger partial charge in [-0.25, -0.2) is 4.98 Å². The summed E-state index contributed by atoms with van der Waals surface area (Å²) in [6, 6.07) is 6.15. The second-order valence-electron chi connectivity index (χ2n) is 6.20. The van der Waals surface area contributed by atoms with Gasteiger partial charge < -0.3 is 9.64 Å². The predicted octanol–water partition coefficient (Wildman–Crippen LogP) is 2.40. The lowest BCUT2D eigenvalue weighted by molar-refractivity contribution is 0.00735. The summed E-state index contributed by atoms with van der Waals surface area (Å²) in [5.41, 5.74) is 0.408. The van der Waals surface area contributed by atoms with Crippen LogP contribution >= 0.6 is 15.9 Å². The maximum atomic E-state index is 5.53. The molecule has 0 N–H and O–H groups in total. The van der Waals surface area contributed by atoms with Crippen molar-refractivity contribution in [3.05, 3.63) is 24.4 Å². The second-order valence-corrected chi connectivity index (χ2v) is 6.76. The van der Waals surface area contributed by atoms with Crippen LogP contribution in [0.25, 0.3) is 0 Å². The van der Waals surface area contributed by atoms with E-state index in [-0.39, 0.29) is 0 Å². The number of aromatic nitrogens is 1. The van der Waals surface area contributed by atoms with Gasteiger partial charge in [-0.3, -0.25) is 4.90 Å². The number of nitrogens with zero attached hydrogens (tertiary/aromatic N) is 3. The summed E-state index contributed by atoms with van der Waals surface area (Å²) in [6.45, 7) is 7.44. The molecule has 2 aliphatic heterocycles. The molecule has 0 aromatic carbocycles. The molecule has 5 heteroatoms. The summed E-state index contributed by atoms with van der Waals surface area (Å²) >= 11 is 3.74. The van der Waals surface area contributed by atoms with Crippen LogP contribution in [0, 0.1) is 5.41 Å². The number of hydrogen-bond acceptors (Lipinski definition) is 4. The fourth-order valence-electron chi connectivity index (χ4n) is 3.29. The van der Waals surface area contributed by atoms with Crippen LogP contribution < -0.4 is 4.90 Å². The van der Waals surface area contributed by atoms with Crippen LogP contribution in [0.4, 0.5) is 5.82 Å². The van der Waals surface area contributed by atoms with Crippen LogP contribution in [-0.4, -0.2) is 61.2 Å². The Morgan fingerprint density at radius 1 is 1.14 bits per heavy atom. The van der Waals surface area contributed by atoms with E-state index in [1.807, 2.05) is 12.3 Å². The molecule has 2 saturated heterocycles. The zero-order valence-corrected chi connectivity index (χ0v) is 14.1. The van der Waals surface area contributed by atoms with Crippen LogP contribution in [0.5, 0.6) is 0 Å². The van der Waals surface area contributed by atoms with E-state index in [0.717, 1.165) is 50.5 Å². The van der Waals surface area contributed by atoms with Gasteiger partial charge in [-0.15, -0.1) is 0 Å². The molecule has 2 aliphatic rings. The Labute approximate surface area is 135 Å². The molecule has 0 unspecified atom stereocenters. The van der Waals surface area contributed by atoms with Crippen molar-refractivity contribution < 1.29 is 4.74 Å². The number of pyridine rings is 1. The molecule has 1 aromatic heterocycles. The van der Waals surface area contributed by atoms with Crippen molar-refractivity contribution in [2.75, 3.05) is 56.2 Å². The number of anilines is 1. The number of hydrogen-bond donors (Lipinski definition) is 0. The van der Waals surface area contributed by atoms with Crippen LogP contribution in [-0.2, 0) is 4.74 Å². The van der Waals surface area contributed by atoms with E-state index in [9.17, 15) is 0 Å². The lowest BCUT2D eigenvalue weighted by Gasteiger charge is -2.43. The quantitative estimate of drug-likeness (QED) is 0.777. The molecule has 21 heavy (non-hydrogen) atoms. The molecule has 0 radical (unpaired) electrons. The summed E-state index contributed by atoms with van der Waals surface area (Å²) in [5.74, 6) is 1.11. The number of ether oxygens (including phenoxy) is 1. The first-order valence-electron chi connectivity index (χ1n) is 7.83. The lowest BCUT2D eigenvalue weighted by atomic mass is 9.81. The molecule has 0 bridgehead atoms. The van der Waals surface area contributed by atoms with Crippen molar-refractivity contribution in [3.63, 3.8) is 0 Å². The Balaban J connectivity index is 1.53. The van der Waals surface area contributed by atoms with E-state index in [1.165, 1.54) is 19.4 Å². The lowest BCUT2D eigenvalue weighted by Crippen LogP contribution is -2.51. The van der Waals surface area contributed by atoms with Gasteiger partial charge >= 0.3 is 0 Å². The van der Waals surface area contributed by atoms with E-state index >= 15 is 0 Å². The molecule has 2 fully saturated rings. The number of piperazine rings is 1. The zero-order chi connectivity index (χ0) is 14.5. The first-order valence-corrected chi connectivity index (χ1v) is 8.96. The monoisotopic (exact) mass is 353 g/mol. The summed E-state index contributed by atoms with van der Waals surface area (Å²) in [6.07, 6.45) is 4.24. The fourth-order valence-corrected chi connectivity index (χ4v) is 4.03. The predicted molar refractivity (Wildman–Crippen MR) is 89.2 cm³/mol. The number of halogens is 1. The standard InChI is InChI=1S/C16H24BrN3O/c17-13-16(4-11-21-12-5-16)14-19-7-9-20(10-8-19)15-3-1-2-6-18-15/h1-3,6H,4-5,7-14H2. The normalized spacial score (nSPS) is 23.2. The van der Waals surface area contributed by atoms with Gasteiger partial charge in [0.2, 0.25) is 0 Å². The van der Waals surface area contributed by atoms with E-state index in [1.54, 1.807) is 0 Å². The van der Waals surface area contributed by atoms with Crippen molar-refractivity contribution in [3.8, 4) is 0 Å². The number of alkyl halides is 1. The topological polar surface area (TPSA) is 28.6 Å². The first-order chi connectivity index (χ1) is 10.3. The third-order valence-corrected chi connectivity index (χ3v) is 5.93. The largest absolute Gasteiger partial charge is 0.381 e. The van der Waals surface area contributed by atoms with Crippen molar-refractivity contribution in [1.29, 1.82) is 0 Å². The van der Waals surface area contributed by atoms with Crippen molar-refractivity contribution in [2.24, 2.45) is 5.41 Å². The summed E-state index contributed by atoms with van der Waals surface area (Å²) in [5, 5.41) is 1.09. The van der Waals surface area contributed by atoms with E-state index < -0.39 is 0 Å². The van der Waals surface area contributed by atoms with Crippen molar-refractivity contribution >= 4 is 21.7 Å². The molecule has 4 nitrogen and oxygen atoms in total. The molecule has 3 heterocycles. The Hall–Kier alpha value is -0.650. The van der Waals surface area contributed by atoms with Gasteiger partial charge in [0.1, 0.15) is 5.82 Å². The summed E-state index contributed by atoms with van der Waals surface area (Å²) in [7, 11) is 0. The Bertz CT molecular complexity index is 428. The van der Waals surface area contributed by atoms with Gasteiger partial charge in [-0.05, 0) is 30.4 Å². The average molecular weight is 354 g/mol. The van der Waals surface area contributed by atoms with Gasteiger partial charge in [-0.1, -0.05) is 22.0 Å². The third-order valence-electron chi connectivity index (χ3n) is 4.74. The minimum Gasteiger partial charge on any atom is -0.381 e. The molecule has 0 atom stereocenters. The Morgan fingerprint density at radius 3 is 2.52 bits per heavy atom. The van der Waals surface area contributed by atoms with Crippen molar-refractivity contribution in [2.45, 2.75) is 12.8 Å². The van der Waals surface area contributed by atoms with Crippen molar-refractivity contribution in [1.82, 2.24) is 9.88 Å². The average Bonchev–Trinajstić information content (AvgIpc) is 2.57. The SMILES string of the molecule is BrCC1(CN2CCN(c3ccccn3)CC2)CCOCC1. The highest BCUT2D eigenvalue weighted by Gasteiger charge is 2.34. The minimum absolute atomic E-state index is 0.408. The van der Waals surface area contributed by atoms with Gasteiger partial charge in [-0.2, -0.15) is 0 Å². The maximum Gasteiger partial charge on any atom is 0.128 e. The van der Waals surface area contributed by atoms with Gasteiger partial charge in [0, 0.05) is 57.5 Å². The molecular weight excluding hydrogens is 330 g/mol. The van der Waals surface area contributed by atoms with Crippen LogP contribution in [0.3, 0.4) is 0 Å². The van der Waals surface area contributed by atoms with Crippen LogP contribution in [0.1, 0.15) is 12.8 Å². The highest BCUT2D eigenvalue weighted by molar-refractivity contribution is 9.09.